The Balaban J connectivity index is 1.41. The first-order valence-corrected chi connectivity index (χ1v) is 12.4. The van der Waals surface area contributed by atoms with Crippen LogP contribution in [0.5, 0.6) is 0 Å². The van der Waals surface area contributed by atoms with Crippen molar-refractivity contribution in [2.24, 2.45) is 0 Å². The Morgan fingerprint density at radius 2 is 2.09 bits per heavy atom. The molecule has 2 aromatic rings. The van der Waals surface area contributed by atoms with Gasteiger partial charge in [0.1, 0.15) is 6.10 Å². The summed E-state index contributed by atoms with van der Waals surface area (Å²) in [6, 6.07) is 7.52. The van der Waals surface area contributed by atoms with Gasteiger partial charge in [0.2, 0.25) is 0 Å². The second kappa shape index (κ2) is 10.8. The number of aromatic nitrogens is 1. The van der Waals surface area contributed by atoms with Crippen molar-refractivity contribution in [2.45, 2.75) is 58.7 Å². The van der Waals surface area contributed by atoms with E-state index in [9.17, 15) is 9.59 Å². The summed E-state index contributed by atoms with van der Waals surface area (Å²) < 4.78 is 5.60. The number of aryl methyl sites for hydroxylation is 1. The van der Waals surface area contributed by atoms with Gasteiger partial charge in [0.15, 0.2) is 0 Å². The van der Waals surface area contributed by atoms with Crippen LogP contribution in [0.25, 0.3) is 0 Å². The number of anilines is 1. The molecule has 2 atom stereocenters. The molecule has 2 saturated heterocycles. The summed E-state index contributed by atoms with van der Waals surface area (Å²) in [5.74, 6) is -0.0867. The van der Waals surface area contributed by atoms with E-state index in [0.29, 0.717) is 36.0 Å². The lowest BCUT2D eigenvalue weighted by Gasteiger charge is -2.41. The van der Waals surface area contributed by atoms with Crippen LogP contribution in [-0.2, 0) is 22.5 Å². The average molecular weight is 485 g/mol. The van der Waals surface area contributed by atoms with Gasteiger partial charge in [-0.1, -0.05) is 18.5 Å². The fourth-order valence-corrected chi connectivity index (χ4v) is 4.94. The van der Waals surface area contributed by atoms with Crippen LogP contribution in [0.1, 0.15) is 53.9 Å². The van der Waals surface area contributed by atoms with E-state index in [1.54, 1.807) is 18.3 Å². The second-order valence-electron chi connectivity index (χ2n) is 9.20. The molecule has 0 bridgehead atoms. The number of nitrogens with one attached hydrogen (secondary N) is 1. The van der Waals surface area contributed by atoms with Crippen molar-refractivity contribution in [2.75, 3.05) is 31.6 Å². The lowest BCUT2D eigenvalue weighted by molar-refractivity contribution is -0.145. The summed E-state index contributed by atoms with van der Waals surface area (Å²) in [5.41, 5.74) is 4.21. The minimum atomic E-state index is -0.274. The molecule has 34 heavy (non-hydrogen) atoms. The van der Waals surface area contributed by atoms with Crippen molar-refractivity contribution < 1.29 is 14.3 Å². The molecule has 8 heteroatoms. The molecule has 0 saturated carbocycles. The molecule has 182 valence electrons. The van der Waals surface area contributed by atoms with Crippen molar-refractivity contribution in [3.05, 3.63) is 57.9 Å². The Hall–Kier alpha value is -2.48. The predicted octanol–water partition coefficient (Wildman–Crippen LogP) is 4.07. The number of hydrogen-bond donors (Lipinski definition) is 1. The molecule has 2 aliphatic heterocycles. The summed E-state index contributed by atoms with van der Waals surface area (Å²) in [4.78, 5) is 34.2. The molecular weight excluding hydrogens is 452 g/mol. The molecule has 3 heterocycles. The molecule has 2 aliphatic rings. The molecule has 2 amide bonds. The van der Waals surface area contributed by atoms with Crippen LogP contribution in [0.2, 0.25) is 5.02 Å². The van der Waals surface area contributed by atoms with Gasteiger partial charge in [0.05, 0.1) is 5.56 Å². The van der Waals surface area contributed by atoms with Crippen LogP contribution < -0.4 is 5.32 Å². The van der Waals surface area contributed by atoms with Crippen LogP contribution >= 0.6 is 11.6 Å². The normalized spacial score (nSPS) is 21.0. The summed E-state index contributed by atoms with van der Waals surface area (Å²) >= 11 is 6.43. The topological polar surface area (TPSA) is 74.8 Å². The number of ether oxygens (including phenoxy) is 1. The van der Waals surface area contributed by atoms with E-state index < -0.39 is 0 Å². The molecule has 7 nitrogen and oxygen atoms in total. The molecule has 4 rings (SSSR count). The van der Waals surface area contributed by atoms with E-state index in [-0.39, 0.29) is 24.0 Å². The molecule has 0 aliphatic carbocycles. The highest BCUT2D eigenvalue weighted by molar-refractivity contribution is 6.31. The van der Waals surface area contributed by atoms with Crippen LogP contribution in [0, 0.1) is 6.92 Å². The Morgan fingerprint density at radius 1 is 1.26 bits per heavy atom. The number of benzene rings is 1. The van der Waals surface area contributed by atoms with Gasteiger partial charge in [-0.25, -0.2) is 0 Å². The average Bonchev–Trinajstić information content (AvgIpc) is 3.37. The maximum absolute atomic E-state index is 12.8. The first-order chi connectivity index (χ1) is 16.4. The fourth-order valence-electron chi connectivity index (χ4n) is 4.69. The lowest BCUT2D eigenvalue weighted by atomic mass is 10.0. The molecule has 0 unspecified atom stereocenters. The van der Waals surface area contributed by atoms with Gasteiger partial charge < -0.3 is 15.0 Å². The molecule has 1 aromatic heterocycles. The Bertz CT molecular complexity index is 1040. The van der Waals surface area contributed by atoms with E-state index in [0.717, 1.165) is 49.2 Å². The van der Waals surface area contributed by atoms with Crippen molar-refractivity contribution in [3.63, 3.8) is 0 Å². The highest BCUT2D eigenvalue weighted by Gasteiger charge is 2.34. The third-order valence-corrected chi connectivity index (χ3v) is 6.99. The Kier molecular flexibility index (Phi) is 7.86. The zero-order valence-corrected chi connectivity index (χ0v) is 20.9. The van der Waals surface area contributed by atoms with E-state index in [4.69, 9.17) is 16.3 Å². The summed E-state index contributed by atoms with van der Waals surface area (Å²) in [7, 11) is 0. The predicted molar refractivity (Wildman–Crippen MR) is 133 cm³/mol. The van der Waals surface area contributed by atoms with Crippen LogP contribution in [0.15, 0.2) is 30.5 Å². The highest BCUT2D eigenvalue weighted by atomic mass is 35.5. The fraction of sp³-hybridized carbons (Fsp3) is 0.500. The van der Waals surface area contributed by atoms with E-state index >= 15 is 0 Å². The third kappa shape index (κ3) is 5.59. The zero-order valence-electron chi connectivity index (χ0n) is 20.1. The largest absolute Gasteiger partial charge is 0.368 e. The SMILES string of the molecule is CCc1ccc(C(=O)Nc2cc(Cl)cc(CN3CCN(C(=O)[C@H]4CCCO4)[C@@H](C)C3)c2C)cn1. The first-order valence-electron chi connectivity index (χ1n) is 12.1. The van der Waals surface area contributed by atoms with Crippen molar-refractivity contribution >= 4 is 29.1 Å². The number of piperazine rings is 1. The second-order valence-corrected chi connectivity index (χ2v) is 9.64. The maximum Gasteiger partial charge on any atom is 0.257 e. The molecule has 2 fully saturated rings. The number of carbonyl (C=O) groups is 2. The summed E-state index contributed by atoms with van der Waals surface area (Å²) in [5, 5.41) is 3.58. The highest BCUT2D eigenvalue weighted by Crippen LogP contribution is 2.27. The van der Waals surface area contributed by atoms with Crippen molar-refractivity contribution in [1.29, 1.82) is 0 Å². The number of nitrogens with zero attached hydrogens (tertiary/aromatic N) is 3. The molecule has 0 radical (unpaired) electrons. The van der Waals surface area contributed by atoms with Crippen molar-refractivity contribution in [3.8, 4) is 0 Å². The monoisotopic (exact) mass is 484 g/mol. The quantitative estimate of drug-likeness (QED) is 0.669. The molecule has 1 aromatic carbocycles. The van der Waals surface area contributed by atoms with Crippen LogP contribution in [-0.4, -0.2) is 65.0 Å². The minimum absolute atomic E-state index is 0.114. The summed E-state index contributed by atoms with van der Waals surface area (Å²) in [6.07, 6.45) is 3.93. The molecule has 1 N–H and O–H groups in total. The maximum atomic E-state index is 12.8. The smallest absolute Gasteiger partial charge is 0.257 e. The number of hydrogen-bond acceptors (Lipinski definition) is 5. The lowest BCUT2D eigenvalue weighted by Crippen LogP contribution is -2.55. The number of rotatable bonds is 6. The van der Waals surface area contributed by atoms with Gasteiger partial charge in [-0.2, -0.15) is 0 Å². The van der Waals surface area contributed by atoms with Gasteiger partial charge in [-0.15, -0.1) is 0 Å². The van der Waals surface area contributed by atoms with Gasteiger partial charge >= 0.3 is 0 Å². The summed E-state index contributed by atoms with van der Waals surface area (Å²) in [6.45, 7) is 9.75. The minimum Gasteiger partial charge on any atom is -0.368 e. The zero-order chi connectivity index (χ0) is 24.2. The number of carbonyl (C=O) groups excluding carboxylic acids is 2. The van der Waals surface area contributed by atoms with E-state index in [1.165, 1.54) is 0 Å². The Morgan fingerprint density at radius 3 is 2.74 bits per heavy atom. The van der Waals surface area contributed by atoms with E-state index in [2.05, 4.69) is 22.1 Å². The van der Waals surface area contributed by atoms with E-state index in [1.807, 2.05) is 30.9 Å². The van der Waals surface area contributed by atoms with Gasteiger partial charge in [-0.3, -0.25) is 19.5 Å². The number of halogens is 1. The standard InChI is InChI=1S/C26H33ClN4O3/c1-4-22-8-7-19(14-28-22)25(32)29-23-13-21(27)12-20(18(23)3)16-30-9-10-31(17(2)15-30)26(33)24-6-5-11-34-24/h7-8,12-14,17,24H,4-6,9-11,15-16H2,1-3H3,(H,29,32)/t17-,24+/m0/s1. The van der Waals surface area contributed by atoms with Gasteiger partial charge in [0, 0.05) is 61.4 Å². The molecule has 0 spiro atoms. The third-order valence-electron chi connectivity index (χ3n) is 6.77. The van der Waals surface area contributed by atoms with Crippen LogP contribution in [0.4, 0.5) is 5.69 Å². The van der Waals surface area contributed by atoms with Crippen LogP contribution in [0.3, 0.4) is 0 Å². The first kappa shape index (κ1) is 24.6. The number of amides is 2. The molecular formula is C26H33ClN4O3. The van der Waals surface area contributed by atoms with Gasteiger partial charge in [0.25, 0.3) is 11.8 Å². The number of pyridine rings is 1. The van der Waals surface area contributed by atoms with Crippen molar-refractivity contribution in [1.82, 2.24) is 14.8 Å². The Labute approximate surface area is 206 Å². The van der Waals surface area contributed by atoms with Gasteiger partial charge in [-0.05, 0) is 68.5 Å².